The summed E-state index contributed by atoms with van der Waals surface area (Å²) in [5, 5.41) is 3.00. The summed E-state index contributed by atoms with van der Waals surface area (Å²) in [6.45, 7) is 4.51. The normalized spacial score (nSPS) is 18.4. The molecule has 3 aromatic rings. The molecule has 1 aliphatic heterocycles. The minimum Gasteiger partial charge on any atom is -0.489 e. The number of para-hydroxylation sites is 2. The summed E-state index contributed by atoms with van der Waals surface area (Å²) in [6, 6.07) is 26.5. The molecule has 0 fully saturated rings. The number of carbonyl (C=O) groups is 2. The Morgan fingerprint density at radius 3 is 2.35 bits per heavy atom. The van der Waals surface area contributed by atoms with Gasteiger partial charge >= 0.3 is 12.2 Å². The van der Waals surface area contributed by atoms with Crippen molar-refractivity contribution in [2.45, 2.75) is 51.3 Å². The molecular formula is C30H34N2O5. The van der Waals surface area contributed by atoms with Crippen LogP contribution in [0.15, 0.2) is 84.9 Å². The highest BCUT2D eigenvalue weighted by atomic mass is 16.6. The van der Waals surface area contributed by atoms with Crippen molar-refractivity contribution in [1.82, 2.24) is 5.32 Å². The van der Waals surface area contributed by atoms with Crippen molar-refractivity contribution in [2.24, 2.45) is 0 Å². The summed E-state index contributed by atoms with van der Waals surface area (Å²) < 4.78 is 17.4. The van der Waals surface area contributed by atoms with E-state index in [0.717, 1.165) is 24.0 Å². The van der Waals surface area contributed by atoms with Crippen LogP contribution >= 0.6 is 0 Å². The predicted molar refractivity (Wildman–Crippen MR) is 143 cm³/mol. The minimum atomic E-state index is -1.24. The van der Waals surface area contributed by atoms with Gasteiger partial charge in [0, 0.05) is 0 Å². The van der Waals surface area contributed by atoms with E-state index < -0.39 is 17.8 Å². The van der Waals surface area contributed by atoms with E-state index in [1.165, 1.54) is 4.90 Å². The zero-order valence-electron chi connectivity index (χ0n) is 21.4. The molecule has 0 saturated carbocycles. The van der Waals surface area contributed by atoms with Crippen LogP contribution in [-0.2, 0) is 16.1 Å². The van der Waals surface area contributed by atoms with Gasteiger partial charge in [0.2, 0.25) is 0 Å². The molecule has 0 bridgehead atoms. The van der Waals surface area contributed by atoms with Crippen molar-refractivity contribution in [2.75, 3.05) is 18.1 Å². The van der Waals surface area contributed by atoms with Gasteiger partial charge in [-0.1, -0.05) is 87.0 Å². The highest BCUT2D eigenvalue weighted by molar-refractivity contribution is 5.92. The standard InChI is InChI=1S/C30H34N2O5/c1-3-4-19-35-28(33)31-30(22-37-25-15-9-6-10-16-25)20-23(2)26-17-11-12-18-27(26)32(30)29(34)36-21-24-13-7-5-8-14-24/h5-18,23H,3-4,19-22H2,1-2H3,(H,31,33). The number of fused-ring (bicyclic) bond motifs is 1. The van der Waals surface area contributed by atoms with Gasteiger partial charge in [-0.05, 0) is 48.1 Å². The Morgan fingerprint density at radius 1 is 0.946 bits per heavy atom. The third-order valence-electron chi connectivity index (χ3n) is 6.45. The number of hydrogen-bond acceptors (Lipinski definition) is 5. The summed E-state index contributed by atoms with van der Waals surface area (Å²) in [7, 11) is 0. The van der Waals surface area contributed by atoms with Gasteiger partial charge in [-0.25, -0.2) is 9.59 Å². The number of alkyl carbamates (subject to hydrolysis) is 1. The zero-order valence-corrected chi connectivity index (χ0v) is 21.4. The lowest BCUT2D eigenvalue weighted by molar-refractivity contribution is 0.0928. The Kier molecular flexibility index (Phi) is 8.67. The summed E-state index contributed by atoms with van der Waals surface area (Å²) in [5.41, 5.74) is 1.30. The third kappa shape index (κ3) is 6.42. The van der Waals surface area contributed by atoms with Crippen molar-refractivity contribution < 1.29 is 23.8 Å². The molecule has 37 heavy (non-hydrogen) atoms. The number of ether oxygens (including phenoxy) is 3. The van der Waals surface area contributed by atoms with Gasteiger partial charge in [0.05, 0.1) is 12.3 Å². The van der Waals surface area contributed by atoms with E-state index in [2.05, 4.69) is 12.2 Å². The first kappa shape index (κ1) is 26.1. The molecule has 0 aliphatic carbocycles. The molecule has 7 nitrogen and oxygen atoms in total. The quantitative estimate of drug-likeness (QED) is 0.332. The topological polar surface area (TPSA) is 77.1 Å². The molecule has 1 N–H and O–H groups in total. The van der Waals surface area contributed by atoms with Gasteiger partial charge in [-0.3, -0.25) is 10.2 Å². The SMILES string of the molecule is CCCCOC(=O)NC1(COc2ccccc2)CC(C)c2ccccc2N1C(=O)OCc1ccccc1. The van der Waals surface area contributed by atoms with Crippen LogP contribution in [-0.4, -0.2) is 31.1 Å². The second kappa shape index (κ2) is 12.3. The smallest absolute Gasteiger partial charge is 0.416 e. The van der Waals surface area contributed by atoms with Gasteiger partial charge < -0.3 is 14.2 Å². The lowest BCUT2D eigenvalue weighted by Gasteiger charge is -2.48. The molecule has 1 aliphatic rings. The predicted octanol–water partition coefficient (Wildman–Crippen LogP) is 6.64. The minimum absolute atomic E-state index is 0.0129. The maximum atomic E-state index is 13.8. The summed E-state index contributed by atoms with van der Waals surface area (Å²) in [4.78, 5) is 28.3. The van der Waals surface area contributed by atoms with Crippen LogP contribution in [0.4, 0.5) is 15.3 Å². The van der Waals surface area contributed by atoms with Crippen molar-refractivity contribution in [3.8, 4) is 5.75 Å². The van der Waals surface area contributed by atoms with Crippen LogP contribution in [0.2, 0.25) is 0 Å². The van der Waals surface area contributed by atoms with Gasteiger partial charge in [-0.15, -0.1) is 0 Å². The second-order valence-corrected chi connectivity index (χ2v) is 9.29. The second-order valence-electron chi connectivity index (χ2n) is 9.29. The molecule has 3 aromatic carbocycles. The molecule has 0 saturated heterocycles. The fraction of sp³-hybridized carbons (Fsp3) is 0.333. The molecule has 2 amide bonds. The van der Waals surface area contributed by atoms with Gasteiger partial charge in [-0.2, -0.15) is 0 Å². The van der Waals surface area contributed by atoms with E-state index >= 15 is 0 Å². The van der Waals surface area contributed by atoms with E-state index in [1.54, 1.807) is 0 Å². The summed E-state index contributed by atoms with van der Waals surface area (Å²) in [6.07, 6.45) is 0.896. The Hall–Kier alpha value is -4.00. The number of amides is 2. The summed E-state index contributed by atoms with van der Waals surface area (Å²) in [5.74, 6) is 0.664. The van der Waals surface area contributed by atoms with Gasteiger partial charge in [0.15, 0.2) is 5.66 Å². The van der Waals surface area contributed by atoms with E-state index in [9.17, 15) is 9.59 Å². The van der Waals surface area contributed by atoms with Crippen molar-refractivity contribution in [1.29, 1.82) is 0 Å². The first-order chi connectivity index (χ1) is 18.0. The van der Waals surface area contributed by atoms with Crippen LogP contribution in [0.1, 0.15) is 50.2 Å². The average molecular weight is 503 g/mol. The van der Waals surface area contributed by atoms with E-state index in [0.29, 0.717) is 24.5 Å². The molecule has 0 radical (unpaired) electrons. The zero-order chi connectivity index (χ0) is 26.1. The largest absolute Gasteiger partial charge is 0.489 e. The van der Waals surface area contributed by atoms with Gasteiger partial charge in [0.25, 0.3) is 0 Å². The molecule has 0 aromatic heterocycles. The van der Waals surface area contributed by atoms with Crippen LogP contribution in [0, 0.1) is 0 Å². The Bertz CT molecular complexity index is 1170. The number of carbonyl (C=O) groups excluding carboxylic acids is 2. The molecule has 1 heterocycles. The van der Waals surface area contributed by atoms with E-state index in [4.69, 9.17) is 14.2 Å². The first-order valence-electron chi connectivity index (χ1n) is 12.7. The Labute approximate surface area is 218 Å². The lowest BCUT2D eigenvalue weighted by Crippen LogP contribution is -2.68. The Balaban J connectivity index is 1.69. The van der Waals surface area contributed by atoms with Crippen LogP contribution in [0.25, 0.3) is 0 Å². The number of anilines is 1. The lowest BCUT2D eigenvalue weighted by atomic mass is 9.83. The fourth-order valence-corrected chi connectivity index (χ4v) is 4.62. The van der Waals surface area contributed by atoms with E-state index in [-0.39, 0.29) is 19.1 Å². The number of benzene rings is 3. The average Bonchev–Trinajstić information content (AvgIpc) is 2.92. The Morgan fingerprint density at radius 2 is 1.62 bits per heavy atom. The highest BCUT2D eigenvalue weighted by Crippen LogP contribution is 2.43. The highest BCUT2D eigenvalue weighted by Gasteiger charge is 2.49. The summed E-state index contributed by atoms with van der Waals surface area (Å²) >= 11 is 0. The monoisotopic (exact) mass is 502 g/mol. The molecule has 4 rings (SSSR count). The van der Waals surface area contributed by atoms with Crippen molar-refractivity contribution in [3.63, 3.8) is 0 Å². The first-order valence-corrected chi connectivity index (χ1v) is 12.7. The third-order valence-corrected chi connectivity index (χ3v) is 6.45. The maximum absolute atomic E-state index is 13.8. The van der Waals surface area contributed by atoms with Gasteiger partial charge in [0.1, 0.15) is 19.0 Å². The number of rotatable bonds is 9. The number of unbranched alkanes of at least 4 members (excludes halogenated alkanes) is 1. The number of hydrogen-bond donors (Lipinski definition) is 1. The van der Waals surface area contributed by atoms with Crippen LogP contribution < -0.4 is 15.0 Å². The van der Waals surface area contributed by atoms with Crippen molar-refractivity contribution in [3.05, 3.63) is 96.1 Å². The molecular weight excluding hydrogens is 468 g/mol. The number of nitrogens with zero attached hydrogens (tertiary/aromatic N) is 1. The fourth-order valence-electron chi connectivity index (χ4n) is 4.62. The van der Waals surface area contributed by atoms with Crippen LogP contribution in [0.3, 0.4) is 0 Å². The molecule has 2 atom stereocenters. The molecule has 194 valence electrons. The molecule has 0 spiro atoms. The van der Waals surface area contributed by atoms with E-state index in [1.807, 2.05) is 91.9 Å². The molecule has 7 heteroatoms. The van der Waals surface area contributed by atoms with Crippen LogP contribution in [0.5, 0.6) is 5.75 Å². The maximum Gasteiger partial charge on any atom is 0.416 e. The number of nitrogens with one attached hydrogen (secondary N) is 1. The molecule has 2 unspecified atom stereocenters. The van der Waals surface area contributed by atoms with Crippen molar-refractivity contribution >= 4 is 17.9 Å².